The highest BCUT2D eigenvalue weighted by Crippen LogP contribution is 2.43. The molecule has 0 amide bonds. The summed E-state index contributed by atoms with van der Waals surface area (Å²) in [6, 6.07) is 0. The van der Waals surface area contributed by atoms with Crippen LogP contribution in [-0.2, 0) is 12.3 Å². The quantitative estimate of drug-likeness (QED) is 0.848. The second kappa shape index (κ2) is 5.51. The maximum absolute atomic E-state index is 4.89. The number of piperidine rings is 1. The number of likely N-dealkylation sites (tertiary alicyclic amines) is 1. The maximum atomic E-state index is 4.89. The molecule has 2 heterocycles. The zero-order chi connectivity index (χ0) is 12.5. The summed E-state index contributed by atoms with van der Waals surface area (Å²) in [6.07, 6.45) is 5.42. The molecule has 1 saturated carbocycles. The highest BCUT2D eigenvalue weighted by Gasteiger charge is 2.29. The van der Waals surface area contributed by atoms with Crippen molar-refractivity contribution in [3.05, 3.63) is 15.6 Å². The van der Waals surface area contributed by atoms with E-state index in [1.54, 1.807) is 0 Å². The molecule has 2 aliphatic rings. The maximum Gasteiger partial charge on any atom is 0.107 e. The molecule has 0 aromatic carbocycles. The van der Waals surface area contributed by atoms with Crippen LogP contribution in [0, 0.1) is 5.92 Å². The summed E-state index contributed by atoms with van der Waals surface area (Å²) in [5.41, 5.74) is 1.37. The molecule has 4 heteroatoms. The van der Waals surface area contributed by atoms with Gasteiger partial charge in [0.05, 0.1) is 12.2 Å². The smallest absolute Gasteiger partial charge is 0.107 e. The van der Waals surface area contributed by atoms with E-state index in [1.807, 2.05) is 11.3 Å². The van der Waals surface area contributed by atoms with Gasteiger partial charge in [-0.2, -0.15) is 12.6 Å². The van der Waals surface area contributed by atoms with E-state index in [4.69, 9.17) is 4.98 Å². The molecule has 1 aromatic rings. The van der Waals surface area contributed by atoms with Crippen LogP contribution in [0.1, 0.15) is 54.1 Å². The van der Waals surface area contributed by atoms with Gasteiger partial charge in [-0.1, -0.05) is 6.92 Å². The Balaban J connectivity index is 1.68. The number of hydrogen-bond donors (Lipinski definition) is 1. The molecule has 2 fully saturated rings. The molecule has 1 aromatic heterocycles. The topological polar surface area (TPSA) is 16.1 Å². The summed E-state index contributed by atoms with van der Waals surface area (Å²) >= 11 is 6.35. The third kappa shape index (κ3) is 2.91. The van der Waals surface area contributed by atoms with Gasteiger partial charge in [0, 0.05) is 23.1 Å². The van der Waals surface area contributed by atoms with E-state index >= 15 is 0 Å². The Morgan fingerprint density at radius 3 is 2.89 bits per heavy atom. The highest BCUT2D eigenvalue weighted by molar-refractivity contribution is 7.79. The van der Waals surface area contributed by atoms with Crippen LogP contribution in [0.4, 0.5) is 0 Å². The first-order chi connectivity index (χ1) is 8.76. The van der Waals surface area contributed by atoms with Crippen LogP contribution in [0.15, 0.2) is 0 Å². The average Bonchev–Trinajstić information content (AvgIpc) is 3.11. The van der Waals surface area contributed by atoms with Crippen LogP contribution in [0.25, 0.3) is 0 Å². The molecule has 2 nitrogen and oxygen atoms in total. The number of hydrogen-bond acceptors (Lipinski definition) is 4. The van der Waals surface area contributed by atoms with Crippen molar-refractivity contribution in [2.24, 2.45) is 5.92 Å². The Morgan fingerprint density at radius 2 is 2.22 bits per heavy atom. The van der Waals surface area contributed by atoms with Crippen molar-refractivity contribution in [1.29, 1.82) is 0 Å². The minimum atomic E-state index is 0.762. The van der Waals surface area contributed by atoms with Gasteiger partial charge in [-0.25, -0.2) is 4.98 Å². The second-order valence-electron chi connectivity index (χ2n) is 5.83. The van der Waals surface area contributed by atoms with Gasteiger partial charge in [0.2, 0.25) is 0 Å². The second-order valence-corrected chi connectivity index (χ2v) is 7.32. The van der Waals surface area contributed by atoms with Crippen LogP contribution in [0.3, 0.4) is 0 Å². The predicted molar refractivity (Wildman–Crippen MR) is 80.5 cm³/mol. The zero-order valence-corrected chi connectivity index (χ0v) is 12.8. The molecular weight excluding hydrogens is 260 g/mol. The SMILES string of the molecule is CC1CCCN(Cc2nc(C3CC3)c(CS)s2)C1. The minimum absolute atomic E-state index is 0.762. The van der Waals surface area contributed by atoms with Crippen LogP contribution >= 0.6 is 24.0 Å². The summed E-state index contributed by atoms with van der Waals surface area (Å²) < 4.78 is 0. The Kier molecular flexibility index (Phi) is 3.97. The van der Waals surface area contributed by atoms with Crippen molar-refractivity contribution in [2.45, 2.75) is 50.8 Å². The largest absolute Gasteiger partial charge is 0.296 e. The van der Waals surface area contributed by atoms with Crippen LogP contribution < -0.4 is 0 Å². The Bertz CT molecular complexity index is 412. The normalized spacial score (nSPS) is 25.6. The van der Waals surface area contributed by atoms with E-state index in [0.29, 0.717) is 0 Å². The molecule has 3 rings (SSSR count). The van der Waals surface area contributed by atoms with Crippen LogP contribution in [0.5, 0.6) is 0 Å². The lowest BCUT2D eigenvalue weighted by atomic mass is 10.0. The zero-order valence-electron chi connectivity index (χ0n) is 11.1. The molecule has 0 N–H and O–H groups in total. The number of nitrogens with zero attached hydrogens (tertiary/aromatic N) is 2. The molecule has 1 aliphatic carbocycles. The van der Waals surface area contributed by atoms with Gasteiger partial charge in [0.1, 0.15) is 5.01 Å². The fraction of sp³-hybridized carbons (Fsp3) is 0.786. The van der Waals surface area contributed by atoms with Gasteiger partial charge in [-0.3, -0.25) is 4.90 Å². The van der Waals surface area contributed by atoms with Crippen molar-refractivity contribution in [2.75, 3.05) is 13.1 Å². The molecule has 1 unspecified atom stereocenters. The standard InChI is InChI=1S/C14H22N2S2/c1-10-3-2-6-16(7-10)8-13-15-14(11-4-5-11)12(9-17)18-13/h10-11,17H,2-9H2,1H3. The summed E-state index contributed by atoms with van der Waals surface area (Å²) in [5, 5.41) is 1.31. The number of aromatic nitrogens is 1. The van der Waals surface area contributed by atoms with Crippen molar-refractivity contribution in [3.8, 4) is 0 Å². The third-order valence-electron chi connectivity index (χ3n) is 3.98. The van der Waals surface area contributed by atoms with E-state index in [1.165, 1.54) is 54.4 Å². The van der Waals surface area contributed by atoms with Crippen molar-refractivity contribution < 1.29 is 0 Å². The molecule has 1 atom stereocenters. The first-order valence-corrected chi connectivity index (χ1v) is 8.53. The van der Waals surface area contributed by atoms with Crippen LogP contribution in [-0.4, -0.2) is 23.0 Å². The fourth-order valence-electron chi connectivity index (χ4n) is 2.89. The first-order valence-electron chi connectivity index (χ1n) is 7.08. The van der Waals surface area contributed by atoms with E-state index in [9.17, 15) is 0 Å². The van der Waals surface area contributed by atoms with Gasteiger partial charge < -0.3 is 0 Å². The number of thiazole rings is 1. The van der Waals surface area contributed by atoms with E-state index in [0.717, 1.165) is 24.1 Å². The molecule has 0 bridgehead atoms. The molecule has 100 valence electrons. The minimum Gasteiger partial charge on any atom is -0.296 e. The summed E-state index contributed by atoms with van der Waals surface area (Å²) in [7, 11) is 0. The van der Waals surface area contributed by atoms with Crippen molar-refractivity contribution in [1.82, 2.24) is 9.88 Å². The highest BCUT2D eigenvalue weighted by atomic mass is 32.1. The molecule has 1 aliphatic heterocycles. The molecule has 1 saturated heterocycles. The molecule has 0 radical (unpaired) electrons. The van der Waals surface area contributed by atoms with Crippen molar-refractivity contribution in [3.63, 3.8) is 0 Å². The third-order valence-corrected chi connectivity index (χ3v) is 5.57. The van der Waals surface area contributed by atoms with Crippen LogP contribution in [0.2, 0.25) is 0 Å². The lowest BCUT2D eigenvalue weighted by molar-refractivity contribution is 0.176. The Hall–Kier alpha value is -0.0600. The van der Waals surface area contributed by atoms with Gasteiger partial charge in [-0.15, -0.1) is 11.3 Å². The Labute approximate surface area is 119 Å². The number of rotatable bonds is 4. The number of thiol groups is 1. The lowest BCUT2D eigenvalue weighted by Crippen LogP contribution is -2.33. The van der Waals surface area contributed by atoms with E-state index in [2.05, 4.69) is 24.5 Å². The lowest BCUT2D eigenvalue weighted by Gasteiger charge is -2.29. The predicted octanol–water partition coefficient (Wildman–Crippen LogP) is 3.68. The molecule has 0 spiro atoms. The summed E-state index contributed by atoms with van der Waals surface area (Å²) in [4.78, 5) is 8.88. The van der Waals surface area contributed by atoms with Crippen molar-refractivity contribution >= 4 is 24.0 Å². The monoisotopic (exact) mass is 282 g/mol. The van der Waals surface area contributed by atoms with Gasteiger partial charge in [0.25, 0.3) is 0 Å². The Morgan fingerprint density at radius 1 is 1.39 bits per heavy atom. The summed E-state index contributed by atoms with van der Waals surface area (Å²) in [6.45, 7) is 5.92. The fourth-order valence-corrected chi connectivity index (χ4v) is 4.30. The molecular formula is C14H22N2S2. The van der Waals surface area contributed by atoms with Gasteiger partial charge in [-0.05, 0) is 38.1 Å². The van der Waals surface area contributed by atoms with E-state index < -0.39 is 0 Å². The average molecular weight is 282 g/mol. The first kappa shape index (κ1) is 12.9. The molecule has 18 heavy (non-hydrogen) atoms. The van der Waals surface area contributed by atoms with Gasteiger partial charge in [0.15, 0.2) is 0 Å². The van der Waals surface area contributed by atoms with Gasteiger partial charge >= 0.3 is 0 Å². The van der Waals surface area contributed by atoms with E-state index in [-0.39, 0.29) is 0 Å². The summed E-state index contributed by atoms with van der Waals surface area (Å²) in [5.74, 6) is 2.48.